The fraction of sp³-hybridized carbons (Fsp3) is 0.444. The molecule has 2 heterocycles. The van der Waals surface area contributed by atoms with Gasteiger partial charge in [0, 0.05) is 11.8 Å². The van der Waals surface area contributed by atoms with E-state index in [0.717, 1.165) is 23.8 Å². The standard InChI is InChI=1S/C9H12N4S/c1-6(2)3-8-11-9(13-12-8)7-4-14-5-10-7/h4-6H,3H2,1-2H3,(H,11,12,13). The molecule has 2 rings (SSSR count). The Morgan fingerprint density at radius 1 is 1.43 bits per heavy atom. The van der Waals surface area contributed by atoms with Crippen molar-refractivity contribution in [3.8, 4) is 11.5 Å². The summed E-state index contributed by atoms with van der Waals surface area (Å²) in [5, 5.41) is 10.1. The molecule has 0 fully saturated rings. The molecule has 0 aromatic carbocycles. The number of aromatic nitrogens is 4. The summed E-state index contributed by atoms with van der Waals surface area (Å²) in [4.78, 5) is 7.33. The van der Waals surface area contributed by atoms with E-state index in [1.807, 2.05) is 5.38 Å². The van der Waals surface area contributed by atoms with Crippen LogP contribution in [0.4, 0.5) is 0 Å². The van der Waals surface area contributed by atoms with Crippen LogP contribution >= 0.6 is 11.3 Å². The van der Waals surface area contributed by atoms with Crippen molar-refractivity contribution >= 4 is 11.3 Å². The zero-order valence-corrected chi connectivity index (χ0v) is 9.01. The van der Waals surface area contributed by atoms with E-state index in [4.69, 9.17) is 0 Å². The Kier molecular flexibility index (Phi) is 2.58. The fourth-order valence-corrected chi connectivity index (χ4v) is 1.76. The molecule has 1 N–H and O–H groups in total. The fourth-order valence-electron chi connectivity index (χ4n) is 1.22. The molecule has 0 atom stereocenters. The summed E-state index contributed by atoms with van der Waals surface area (Å²) in [6, 6.07) is 0. The highest BCUT2D eigenvalue weighted by Gasteiger charge is 2.07. The molecule has 74 valence electrons. The van der Waals surface area contributed by atoms with E-state index >= 15 is 0 Å². The van der Waals surface area contributed by atoms with Crippen LogP contribution < -0.4 is 0 Å². The van der Waals surface area contributed by atoms with Crippen LogP contribution in [0.25, 0.3) is 11.5 Å². The normalized spacial score (nSPS) is 11.1. The van der Waals surface area contributed by atoms with E-state index in [1.54, 1.807) is 16.8 Å². The maximum atomic E-state index is 4.16. The highest BCUT2D eigenvalue weighted by Crippen LogP contribution is 2.14. The summed E-state index contributed by atoms with van der Waals surface area (Å²) in [7, 11) is 0. The SMILES string of the molecule is CC(C)Cc1nnc(-c2cscn2)[nH]1. The summed E-state index contributed by atoms with van der Waals surface area (Å²) in [6.45, 7) is 4.32. The van der Waals surface area contributed by atoms with Crippen LogP contribution in [0, 0.1) is 5.92 Å². The second kappa shape index (κ2) is 3.88. The molecule has 0 bridgehead atoms. The topological polar surface area (TPSA) is 54.5 Å². The molecule has 0 aliphatic heterocycles. The van der Waals surface area contributed by atoms with Gasteiger partial charge in [0.05, 0.1) is 5.51 Å². The molecule has 0 unspecified atom stereocenters. The molecule has 0 spiro atoms. The van der Waals surface area contributed by atoms with E-state index in [-0.39, 0.29) is 0 Å². The Morgan fingerprint density at radius 3 is 2.93 bits per heavy atom. The van der Waals surface area contributed by atoms with Crippen molar-refractivity contribution in [1.82, 2.24) is 20.2 Å². The number of H-pyrrole nitrogens is 1. The van der Waals surface area contributed by atoms with Gasteiger partial charge in [-0.15, -0.1) is 21.5 Å². The molecule has 2 aromatic heterocycles. The van der Waals surface area contributed by atoms with Gasteiger partial charge in [0.25, 0.3) is 0 Å². The Bertz CT molecular complexity index is 391. The molecular weight excluding hydrogens is 196 g/mol. The number of thiazole rings is 1. The van der Waals surface area contributed by atoms with Crippen molar-refractivity contribution in [2.75, 3.05) is 0 Å². The van der Waals surface area contributed by atoms with E-state index in [1.165, 1.54) is 0 Å². The van der Waals surface area contributed by atoms with Gasteiger partial charge in [-0.25, -0.2) is 4.98 Å². The average molecular weight is 208 g/mol. The second-order valence-corrected chi connectivity index (χ2v) is 4.31. The van der Waals surface area contributed by atoms with Crippen LogP contribution in [0.3, 0.4) is 0 Å². The van der Waals surface area contributed by atoms with Gasteiger partial charge >= 0.3 is 0 Å². The second-order valence-electron chi connectivity index (χ2n) is 3.59. The minimum Gasteiger partial charge on any atom is -0.324 e. The maximum Gasteiger partial charge on any atom is 0.180 e. The minimum absolute atomic E-state index is 0.589. The van der Waals surface area contributed by atoms with Gasteiger partial charge < -0.3 is 4.98 Å². The van der Waals surface area contributed by atoms with Crippen molar-refractivity contribution < 1.29 is 0 Å². The quantitative estimate of drug-likeness (QED) is 0.840. The van der Waals surface area contributed by atoms with Gasteiger partial charge in [-0.2, -0.15) is 0 Å². The molecule has 14 heavy (non-hydrogen) atoms. The first-order valence-electron chi connectivity index (χ1n) is 4.56. The first kappa shape index (κ1) is 9.33. The highest BCUT2D eigenvalue weighted by molar-refractivity contribution is 7.07. The third-order valence-electron chi connectivity index (χ3n) is 1.81. The Labute approximate surface area is 86.4 Å². The first-order valence-corrected chi connectivity index (χ1v) is 5.50. The molecule has 0 aliphatic rings. The van der Waals surface area contributed by atoms with Gasteiger partial charge in [0.1, 0.15) is 11.5 Å². The van der Waals surface area contributed by atoms with Crippen LogP contribution in [0.2, 0.25) is 0 Å². The molecule has 2 aromatic rings. The molecule has 0 aliphatic carbocycles. The summed E-state index contributed by atoms with van der Waals surface area (Å²) in [5.74, 6) is 2.29. The van der Waals surface area contributed by atoms with Crippen molar-refractivity contribution in [1.29, 1.82) is 0 Å². The van der Waals surface area contributed by atoms with Crippen LogP contribution in [0.1, 0.15) is 19.7 Å². The molecule has 4 nitrogen and oxygen atoms in total. The monoisotopic (exact) mass is 208 g/mol. The lowest BCUT2D eigenvalue weighted by atomic mass is 10.1. The summed E-state index contributed by atoms with van der Waals surface area (Å²) in [6.07, 6.45) is 0.928. The van der Waals surface area contributed by atoms with Crippen LogP contribution in [-0.2, 0) is 6.42 Å². The van der Waals surface area contributed by atoms with Crippen LogP contribution in [-0.4, -0.2) is 20.2 Å². The zero-order valence-electron chi connectivity index (χ0n) is 8.19. The minimum atomic E-state index is 0.589. The van der Waals surface area contributed by atoms with Crippen molar-refractivity contribution in [3.05, 3.63) is 16.7 Å². The van der Waals surface area contributed by atoms with E-state index in [0.29, 0.717) is 5.92 Å². The molecule has 0 amide bonds. The lowest BCUT2D eigenvalue weighted by molar-refractivity contribution is 0.622. The number of rotatable bonds is 3. The number of hydrogen-bond acceptors (Lipinski definition) is 4. The lowest BCUT2D eigenvalue weighted by Crippen LogP contribution is -1.95. The van der Waals surface area contributed by atoms with Gasteiger partial charge in [-0.1, -0.05) is 13.8 Å². The smallest absolute Gasteiger partial charge is 0.180 e. The predicted molar refractivity (Wildman–Crippen MR) is 56.0 cm³/mol. The Hall–Kier alpha value is -1.23. The average Bonchev–Trinajstić information content (AvgIpc) is 2.69. The van der Waals surface area contributed by atoms with Gasteiger partial charge in [0.2, 0.25) is 0 Å². The van der Waals surface area contributed by atoms with Crippen LogP contribution in [0.15, 0.2) is 10.9 Å². The largest absolute Gasteiger partial charge is 0.324 e. The van der Waals surface area contributed by atoms with Crippen LogP contribution in [0.5, 0.6) is 0 Å². The molecular formula is C9H12N4S. The van der Waals surface area contributed by atoms with Crippen molar-refractivity contribution in [3.63, 3.8) is 0 Å². The van der Waals surface area contributed by atoms with Gasteiger partial charge in [0.15, 0.2) is 5.82 Å². The molecule has 0 radical (unpaired) electrons. The summed E-state index contributed by atoms with van der Waals surface area (Å²) >= 11 is 1.56. The van der Waals surface area contributed by atoms with E-state index in [2.05, 4.69) is 34.0 Å². The molecule has 0 saturated carbocycles. The van der Waals surface area contributed by atoms with E-state index < -0.39 is 0 Å². The highest BCUT2D eigenvalue weighted by atomic mass is 32.1. The van der Waals surface area contributed by atoms with Crippen molar-refractivity contribution in [2.24, 2.45) is 5.92 Å². The van der Waals surface area contributed by atoms with Crippen molar-refractivity contribution in [2.45, 2.75) is 20.3 Å². The van der Waals surface area contributed by atoms with Gasteiger partial charge in [-0.3, -0.25) is 0 Å². The van der Waals surface area contributed by atoms with Gasteiger partial charge in [-0.05, 0) is 5.92 Å². The molecule has 5 heteroatoms. The number of nitrogens with zero attached hydrogens (tertiary/aromatic N) is 3. The maximum absolute atomic E-state index is 4.16. The van der Waals surface area contributed by atoms with E-state index in [9.17, 15) is 0 Å². The third kappa shape index (κ3) is 1.98. The third-order valence-corrected chi connectivity index (χ3v) is 2.40. The summed E-state index contributed by atoms with van der Waals surface area (Å²) in [5.41, 5.74) is 2.66. The first-order chi connectivity index (χ1) is 6.75. The Morgan fingerprint density at radius 2 is 2.29 bits per heavy atom. The number of aromatic amines is 1. The predicted octanol–water partition coefficient (Wildman–Crippen LogP) is 2.13. The number of hydrogen-bond donors (Lipinski definition) is 1. The molecule has 0 saturated heterocycles. The zero-order chi connectivity index (χ0) is 9.97. The Balaban J connectivity index is 2.18. The number of nitrogens with one attached hydrogen (secondary N) is 1. The summed E-state index contributed by atoms with van der Waals surface area (Å²) < 4.78 is 0. The lowest BCUT2D eigenvalue weighted by Gasteiger charge is -1.97.